The summed E-state index contributed by atoms with van der Waals surface area (Å²) in [7, 11) is 0. The van der Waals surface area contributed by atoms with Crippen LogP contribution in [0.2, 0.25) is 0 Å². The average molecular weight is 829 g/mol. The smallest absolute Gasteiger partial charge is 0.170 e. The van der Waals surface area contributed by atoms with Gasteiger partial charge in [0.25, 0.3) is 0 Å². The standard InChI is InChI=1S/C58H44N4S/c1-58(2)50-25-12-11-22-45(50)46-33-31-42(35-51(46)58)62(41-29-27-38(28-30-41)37-15-5-3-6-16-37)43-32-34-48-53(36-43)63-52-26-14-24-49(54(48)52)57-60-55(40-18-7-4-8-19-40)59-56(61-57)47-23-13-20-39-17-9-10-21-44(39)47/h3-36,48,53,56H,1-2H3,(H,59,60,61). The van der Waals surface area contributed by atoms with E-state index in [1.165, 1.54) is 60.3 Å². The zero-order valence-corrected chi connectivity index (χ0v) is 35.9. The maximum atomic E-state index is 5.43. The Morgan fingerprint density at radius 3 is 2.05 bits per heavy atom. The summed E-state index contributed by atoms with van der Waals surface area (Å²) in [5.74, 6) is 1.85. The topological polar surface area (TPSA) is 40.0 Å². The number of allylic oxidation sites excluding steroid dienone is 2. The third-order valence-electron chi connectivity index (χ3n) is 13.3. The van der Waals surface area contributed by atoms with Crippen LogP contribution in [0.1, 0.15) is 59.3 Å². The molecule has 0 aromatic heterocycles. The molecule has 3 unspecified atom stereocenters. The van der Waals surface area contributed by atoms with Gasteiger partial charge in [0.15, 0.2) is 6.17 Å². The highest BCUT2D eigenvalue weighted by Crippen LogP contribution is 2.53. The fraction of sp³-hybridized carbons (Fsp3) is 0.103. The van der Waals surface area contributed by atoms with Gasteiger partial charge in [0.05, 0.1) is 0 Å². The van der Waals surface area contributed by atoms with Gasteiger partial charge in [-0.25, -0.2) is 9.98 Å². The molecule has 0 radical (unpaired) electrons. The third kappa shape index (κ3) is 6.37. The monoisotopic (exact) mass is 828 g/mol. The number of anilines is 2. The molecule has 3 atom stereocenters. The molecule has 1 N–H and O–H groups in total. The summed E-state index contributed by atoms with van der Waals surface area (Å²) in [5, 5.41) is 6.28. The molecule has 0 amide bonds. The van der Waals surface area contributed by atoms with Crippen LogP contribution in [-0.4, -0.2) is 16.9 Å². The van der Waals surface area contributed by atoms with Crippen LogP contribution < -0.4 is 10.2 Å². The van der Waals surface area contributed by atoms with Crippen LogP contribution in [-0.2, 0) is 5.41 Å². The molecule has 0 saturated carbocycles. The molecule has 0 saturated heterocycles. The lowest BCUT2D eigenvalue weighted by molar-refractivity contribution is 0.660. The summed E-state index contributed by atoms with van der Waals surface area (Å²) in [6.07, 6.45) is 6.86. The molecular weight excluding hydrogens is 785 g/mol. The van der Waals surface area contributed by atoms with Crippen LogP contribution in [0.3, 0.4) is 0 Å². The Morgan fingerprint density at radius 1 is 0.556 bits per heavy atom. The van der Waals surface area contributed by atoms with Crippen LogP contribution in [0.15, 0.2) is 227 Å². The van der Waals surface area contributed by atoms with Gasteiger partial charge in [0.2, 0.25) is 0 Å². The lowest BCUT2D eigenvalue weighted by Gasteiger charge is -2.32. The first-order chi connectivity index (χ1) is 31.0. The predicted octanol–water partition coefficient (Wildman–Crippen LogP) is 14.2. The second kappa shape index (κ2) is 15.0. The van der Waals surface area contributed by atoms with Gasteiger partial charge < -0.3 is 10.2 Å². The van der Waals surface area contributed by atoms with Gasteiger partial charge in [0, 0.05) is 55.2 Å². The molecule has 0 spiro atoms. The number of fused-ring (bicyclic) bond motifs is 7. The number of thioether (sulfide) groups is 1. The second-order valence-corrected chi connectivity index (χ2v) is 18.5. The van der Waals surface area contributed by atoms with Crippen LogP contribution in [0.4, 0.5) is 11.4 Å². The third-order valence-corrected chi connectivity index (χ3v) is 14.6. The molecule has 12 rings (SSSR count). The molecule has 0 fully saturated rings. The number of aliphatic imine (C=N–C) groups is 2. The maximum Gasteiger partial charge on any atom is 0.170 e. The maximum absolute atomic E-state index is 5.43. The van der Waals surface area contributed by atoms with Crippen molar-refractivity contribution in [2.75, 3.05) is 4.90 Å². The first-order valence-corrected chi connectivity index (χ1v) is 22.7. The highest BCUT2D eigenvalue weighted by molar-refractivity contribution is 8.00. The molecule has 8 aromatic carbocycles. The normalized spacial score (nSPS) is 18.9. The highest BCUT2D eigenvalue weighted by Gasteiger charge is 2.39. The average Bonchev–Trinajstić information content (AvgIpc) is 3.83. The van der Waals surface area contributed by atoms with Gasteiger partial charge in [-0.1, -0.05) is 178 Å². The van der Waals surface area contributed by atoms with Gasteiger partial charge in [-0.15, -0.1) is 11.8 Å². The van der Waals surface area contributed by atoms with Crippen molar-refractivity contribution in [2.24, 2.45) is 9.98 Å². The molecule has 63 heavy (non-hydrogen) atoms. The SMILES string of the molecule is CC1(C)c2ccccc2-c2ccc(N(C3=CC4Sc5cccc(C6=NC(c7cccc8ccccc78)N=C(c7ccccc7)N6)c5C4C=C3)c3ccc(-c4ccccc4)cc3)cc21. The summed E-state index contributed by atoms with van der Waals surface area (Å²) in [6.45, 7) is 4.72. The summed E-state index contributed by atoms with van der Waals surface area (Å²) in [4.78, 5) is 14.4. The molecule has 8 aromatic rings. The van der Waals surface area contributed by atoms with Crippen LogP contribution in [0.5, 0.6) is 0 Å². The Bertz CT molecular complexity index is 3210. The molecular formula is C58H44N4S. The number of hydrogen-bond donors (Lipinski definition) is 1. The number of nitrogens with one attached hydrogen (secondary N) is 1. The van der Waals surface area contributed by atoms with Crippen molar-refractivity contribution in [1.82, 2.24) is 5.32 Å². The van der Waals surface area contributed by atoms with E-state index in [9.17, 15) is 0 Å². The fourth-order valence-corrected chi connectivity index (χ4v) is 11.6. The molecule has 2 heterocycles. The molecule has 302 valence electrons. The summed E-state index contributed by atoms with van der Waals surface area (Å²) < 4.78 is 0. The van der Waals surface area contributed by atoms with Crippen LogP contribution in [0.25, 0.3) is 33.0 Å². The summed E-state index contributed by atoms with van der Waals surface area (Å²) in [5.41, 5.74) is 15.7. The zero-order chi connectivity index (χ0) is 42.1. The van der Waals surface area contributed by atoms with Crippen molar-refractivity contribution >= 4 is 45.6 Å². The molecule has 2 aliphatic heterocycles. The van der Waals surface area contributed by atoms with E-state index in [1.807, 2.05) is 17.8 Å². The van der Waals surface area contributed by atoms with E-state index in [0.29, 0.717) is 0 Å². The Hall–Kier alpha value is -7.21. The van der Waals surface area contributed by atoms with Gasteiger partial charge >= 0.3 is 0 Å². The molecule has 4 aliphatic rings. The van der Waals surface area contributed by atoms with E-state index in [2.05, 4.69) is 224 Å². The minimum atomic E-state index is -0.399. The lowest BCUT2D eigenvalue weighted by atomic mass is 9.82. The Morgan fingerprint density at radius 2 is 1.21 bits per heavy atom. The van der Waals surface area contributed by atoms with E-state index < -0.39 is 6.17 Å². The van der Waals surface area contributed by atoms with Crippen molar-refractivity contribution in [2.45, 2.75) is 41.5 Å². The minimum Gasteiger partial charge on any atom is -0.324 e. The zero-order valence-electron chi connectivity index (χ0n) is 35.1. The molecule has 4 nitrogen and oxygen atoms in total. The Balaban J connectivity index is 0.935. The van der Waals surface area contributed by atoms with Crippen molar-refractivity contribution in [3.05, 3.63) is 245 Å². The van der Waals surface area contributed by atoms with E-state index in [4.69, 9.17) is 9.98 Å². The number of rotatable bonds is 7. The number of amidine groups is 2. The number of hydrogen-bond acceptors (Lipinski definition) is 5. The lowest BCUT2D eigenvalue weighted by Crippen LogP contribution is -2.36. The highest BCUT2D eigenvalue weighted by atomic mass is 32.2. The first-order valence-electron chi connectivity index (χ1n) is 21.8. The van der Waals surface area contributed by atoms with Gasteiger partial charge in [-0.2, -0.15) is 0 Å². The van der Waals surface area contributed by atoms with E-state index in [-0.39, 0.29) is 16.6 Å². The first kappa shape index (κ1) is 37.5. The second-order valence-electron chi connectivity index (χ2n) is 17.3. The molecule has 0 bridgehead atoms. The molecule has 5 heteroatoms. The Labute approximate surface area is 373 Å². The van der Waals surface area contributed by atoms with Crippen molar-refractivity contribution in [3.8, 4) is 22.3 Å². The van der Waals surface area contributed by atoms with Gasteiger partial charge in [-0.05, 0) is 92.2 Å². The predicted molar refractivity (Wildman–Crippen MR) is 263 cm³/mol. The van der Waals surface area contributed by atoms with Gasteiger partial charge in [-0.3, -0.25) is 0 Å². The number of nitrogens with zero attached hydrogens (tertiary/aromatic N) is 3. The van der Waals surface area contributed by atoms with Crippen molar-refractivity contribution in [1.29, 1.82) is 0 Å². The van der Waals surface area contributed by atoms with Crippen molar-refractivity contribution in [3.63, 3.8) is 0 Å². The number of benzene rings is 8. The van der Waals surface area contributed by atoms with Crippen LogP contribution in [0, 0.1) is 0 Å². The fourth-order valence-electron chi connectivity index (χ4n) is 10.2. The van der Waals surface area contributed by atoms with E-state index in [1.54, 1.807) is 0 Å². The Kier molecular flexibility index (Phi) is 8.94. The van der Waals surface area contributed by atoms with E-state index >= 15 is 0 Å². The van der Waals surface area contributed by atoms with E-state index in [0.717, 1.165) is 39.7 Å². The van der Waals surface area contributed by atoms with Crippen molar-refractivity contribution < 1.29 is 0 Å². The minimum absolute atomic E-state index is 0.112. The van der Waals surface area contributed by atoms with Gasteiger partial charge in [0.1, 0.15) is 11.7 Å². The quantitative estimate of drug-likeness (QED) is 0.174. The molecule has 2 aliphatic carbocycles. The largest absolute Gasteiger partial charge is 0.324 e. The van der Waals surface area contributed by atoms with Crippen LogP contribution >= 0.6 is 11.8 Å². The summed E-state index contributed by atoms with van der Waals surface area (Å²) in [6, 6.07) is 67.8. The summed E-state index contributed by atoms with van der Waals surface area (Å²) >= 11 is 1.95.